The molecule has 8 rings (SSSR count). The van der Waals surface area contributed by atoms with Crippen LogP contribution >= 0.6 is 0 Å². The van der Waals surface area contributed by atoms with Gasteiger partial charge in [0, 0.05) is 65.0 Å². The van der Waals surface area contributed by atoms with Crippen molar-refractivity contribution in [2.75, 3.05) is 0 Å². The number of aliphatic imine (C=N–C) groups is 1. The zero-order chi connectivity index (χ0) is 37.5. The maximum absolute atomic E-state index is 13.7. The standard InChI is InChI=1S/C24H21F3N4O.C17H20FN3/c1-14-24(17-5-8-19(25)9-6-17,18-7-10-20(28-12-18)15-2-3-15)30-22(29-14)16-4-11-21(32)31(13-16)23(26)27;1-11(19)17(20,13-4-7-15(18)8-5-13)14-6-9-16(21-10-14)12-2-3-12/h4-15,23H,2-3H2,1H3,(H,29,30);4-12H,2-3,19-20H2,1H3/t14-,24-;11-,17-/m00/s1. The SMILES string of the molecule is C[C@@H]1N=C(c2ccc(=O)n(C(F)F)c2)N[C@@]1(c1ccc(F)cc1)c1ccc(C2CC2)nc1.C[C@H](N)[C@](N)(c1ccc(F)cc1)c1ccc(C2CC2)nc1. The number of nitrogens with zero attached hydrogens (tertiary/aromatic N) is 4. The molecule has 274 valence electrons. The van der Waals surface area contributed by atoms with Crippen LogP contribution in [0.2, 0.25) is 0 Å². The van der Waals surface area contributed by atoms with E-state index in [-0.39, 0.29) is 23.7 Å². The van der Waals surface area contributed by atoms with Gasteiger partial charge in [0.05, 0.1) is 11.6 Å². The number of hydrogen-bond donors (Lipinski definition) is 3. The van der Waals surface area contributed by atoms with Gasteiger partial charge in [-0.15, -0.1) is 0 Å². The first-order valence-corrected chi connectivity index (χ1v) is 17.8. The molecule has 0 spiro atoms. The van der Waals surface area contributed by atoms with E-state index in [0.717, 1.165) is 58.7 Å². The predicted molar refractivity (Wildman–Crippen MR) is 196 cm³/mol. The quantitative estimate of drug-likeness (QED) is 0.141. The van der Waals surface area contributed by atoms with E-state index in [0.29, 0.717) is 27.8 Å². The number of benzene rings is 2. The third-order valence-corrected chi connectivity index (χ3v) is 10.5. The third kappa shape index (κ3) is 7.13. The summed E-state index contributed by atoms with van der Waals surface area (Å²) in [5, 5.41) is 3.40. The zero-order valence-electron chi connectivity index (χ0n) is 29.4. The summed E-state index contributed by atoms with van der Waals surface area (Å²) in [7, 11) is 0. The van der Waals surface area contributed by atoms with E-state index in [1.807, 2.05) is 38.1 Å². The van der Waals surface area contributed by atoms with Crippen molar-refractivity contribution < 1.29 is 17.6 Å². The van der Waals surface area contributed by atoms with Crippen molar-refractivity contribution in [2.45, 2.75) is 81.1 Å². The molecule has 53 heavy (non-hydrogen) atoms. The van der Waals surface area contributed by atoms with Crippen molar-refractivity contribution in [3.8, 4) is 0 Å². The third-order valence-electron chi connectivity index (χ3n) is 10.5. The van der Waals surface area contributed by atoms with Gasteiger partial charge in [0.25, 0.3) is 5.56 Å². The molecule has 12 heteroatoms. The molecule has 2 saturated carbocycles. The van der Waals surface area contributed by atoms with Gasteiger partial charge in [0.15, 0.2) is 0 Å². The number of halogens is 4. The largest absolute Gasteiger partial charge is 0.354 e. The fraction of sp³-hybridized carbons (Fsp3) is 0.317. The molecule has 0 unspecified atom stereocenters. The average molecular weight is 724 g/mol. The Morgan fingerprint density at radius 1 is 0.792 bits per heavy atom. The maximum Gasteiger partial charge on any atom is 0.321 e. The fourth-order valence-corrected chi connectivity index (χ4v) is 7.01. The minimum absolute atomic E-state index is 0.284. The summed E-state index contributed by atoms with van der Waals surface area (Å²) in [6, 6.07) is 22.2. The Balaban J connectivity index is 0.000000179. The van der Waals surface area contributed by atoms with Crippen molar-refractivity contribution >= 4 is 5.84 Å². The summed E-state index contributed by atoms with van der Waals surface area (Å²) < 4.78 is 53.7. The maximum atomic E-state index is 13.7. The van der Waals surface area contributed by atoms with Crippen LogP contribution in [0.25, 0.3) is 0 Å². The first kappa shape index (κ1) is 36.2. The van der Waals surface area contributed by atoms with E-state index in [2.05, 4.69) is 15.3 Å². The first-order valence-electron chi connectivity index (χ1n) is 17.8. The minimum atomic E-state index is -2.96. The van der Waals surface area contributed by atoms with Gasteiger partial charge in [0.2, 0.25) is 0 Å². The second-order valence-corrected chi connectivity index (χ2v) is 14.2. The summed E-state index contributed by atoms with van der Waals surface area (Å²) in [5.41, 5.74) is 16.0. The fourth-order valence-electron chi connectivity index (χ4n) is 7.01. The van der Waals surface area contributed by atoms with Crippen LogP contribution in [0.3, 0.4) is 0 Å². The van der Waals surface area contributed by atoms with E-state index < -0.39 is 23.2 Å². The van der Waals surface area contributed by atoms with E-state index >= 15 is 0 Å². The Morgan fingerprint density at radius 2 is 1.34 bits per heavy atom. The van der Waals surface area contributed by atoms with Crippen molar-refractivity contribution in [1.82, 2.24) is 19.9 Å². The molecule has 2 fully saturated rings. The lowest BCUT2D eigenvalue weighted by Crippen LogP contribution is -2.51. The van der Waals surface area contributed by atoms with Gasteiger partial charge in [-0.25, -0.2) is 8.78 Å². The second-order valence-electron chi connectivity index (χ2n) is 14.2. The van der Waals surface area contributed by atoms with Crippen LogP contribution in [0.5, 0.6) is 0 Å². The molecule has 5 aromatic rings. The molecular formula is C41H41F4N7O. The van der Waals surface area contributed by atoms with Crippen LogP contribution < -0.4 is 22.3 Å². The van der Waals surface area contributed by atoms with Gasteiger partial charge in [0.1, 0.15) is 23.0 Å². The predicted octanol–water partition coefficient (Wildman–Crippen LogP) is 6.98. The number of aromatic nitrogens is 3. The van der Waals surface area contributed by atoms with E-state index in [1.165, 1.54) is 43.2 Å². The summed E-state index contributed by atoms with van der Waals surface area (Å²) in [6.45, 7) is 0.808. The molecule has 3 aromatic heterocycles. The highest BCUT2D eigenvalue weighted by Gasteiger charge is 2.46. The van der Waals surface area contributed by atoms with Gasteiger partial charge in [-0.05, 0) is 98.7 Å². The zero-order valence-corrected chi connectivity index (χ0v) is 29.4. The summed E-state index contributed by atoms with van der Waals surface area (Å²) in [4.78, 5) is 25.6. The number of nitrogens with one attached hydrogen (secondary N) is 1. The lowest BCUT2D eigenvalue weighted by atomic mass is 9.79. The number of nitrogens with two attached hydrogens (primary N) is 2. The molecule has 2 aliphatic carbocycles. The topological polar surface area (TPSA) is 124 Å². The van der Waals surface area contributed by atoms with Gasteiger partial charge in [-0.1, -0.05) is 36.4 Å². The molecular weight excluding hydrogens is 682 g/mol. The molecule has 4 heterocycles. The monoisotopic (exact) mass is 723 g/mol. The van der Waals surface area contributed by atoms with E-state index in [9.17, 15) is 22.4 Å². The Labute approximate surface area is 305 Å². The average Bonchev–Trinajstić information content (AvgIpc) is 4.10. The van der Waals surface area contributed by atoms with Crippen LogP contribution in [0.1, 0.15) is 97.1 Å². The number of amidine groups is 1. The Hall–Kier alpha value is -5.20. The highest BCUT2D eigenvalue weighted by Crippen LogP contribution is 2.42. The van der Waals surface area contributed by atoms with Gasteiger partial charge >= 0.3 is 6.55 Å². The normalized spacial score (nSPS) is 21.2. The van der Waals surface area contributed by atoms with Gasteiger partial charge in [-0.2, -0.15) is 8.78 Å². The van der Waals surface area contributed by atoms with E-state index in [1.54, 1.807) is 36.7 Å². The summed E-state index contributed by atoms with van der Waals surface area (Å²) in [5.74, 6) is 0.840. The molecule has 0 saturated heterocycles. The van der Waals surface area contributed by atoms with Crippen molar-refractivity contribution in [3.63, 3.8) is 0 Å². The molecule has 4 atom stereocenters. The van der Waals surface area contributed by atoms with E-state index in [4.69, 9.17) is 16.5 Å². The second kappa shape index (κ2) is 14.3. The molecule has 1 aliphatic heterocycles. The molecule has 2 aromatic carbocycles. The number of hydrogen-bond acceptors (Lipinski definition) is 7. The Kier molecular flexibility index (Phi) is 9.77. The van der Waals surface area contributed by atoms with Crippen molar-refractivity contribution in [1.29, 1.82) is 0 Å². The molecule has 3 aliphatic rings. The Morgan fingerprint density at radius 3 is 1.85 bits per heavy atom. The van der Waals surface area contributed by atoms with Crippen LogP contribution in [0.15, 0.2) is 113 Å². The molecule has 0 radical (unpaired) electrons. The van der Waals surface area contributed by atoms with Crippen LogP contribution in [-0.4, -0.2) is 32.5 Å². The lowest BCUT2D eigenvalue weighted by Gasteiger charge is -2.35. The summed E-state index contributed by atoms with van der Waals surface area (Å²) in [6.07, 6.45) is 9.41. The van der Waals surface area contributed by atoms with Crippen LogP contribution in [0, 0.1) is 11.6 Å². The smallest absolute Gasteiger partial charge is 0.321 e. The van der Waals surface area contributed by atoms with Crippen molar-refractivity contribution in [2.24, 2.45) is 16.5 Å². The first-order chi connectivity index (χ1) is 25.4. The highest BCUT2D eigenvalue weighted by atomic mass is 19.3. The minimum Gasteiger partial charge on any atom is -0.354 e. The number of rotatable bonds is 9. The van der Waals surface area contributed by atoms with Crippen LogP contribution in [-0.2, 0) is 11.1 Å². The highest BCUT2D eigenvalue weighted by molar-refractivity contribution is 6.01. The van der Waals surface area contributed by atoms with Gasteiger partial charge < -0.3 is 16.8 Å². The number of pyridine rings is 3. The summed E-state index contributed by atoms with van der Waals surface area (Å²) >= 11 is 0. The molecule has 0 amide bonds. The lowest BCUT2D eigenvalue weighted by molar-refractivity contribution is 0.0663. The molecule has 5 N–H and O–H groups in total. The number of alkyl halides is 2. The van der Waals surface area contributed by atoms with Crippen molar-refractivity contribution in [3.05, 3.63) is 165 Å². The molecule has 8 nitrogen and oxygen atoms in total. The Bertz CT molecular complexity index is 2150. The molecule has 0 bridgehead atoms. The van der Waals surface area contributed by atoms with Gasteiger partial charge in [-0.3, -0.25) is 24.3 Å². The van der Waals surface area contributed by atoms with Crippen LogP contribution in [0.4, 0.5) is 17.6 Å².